The molecule has 0 bridgehead atoms. The van der Waals surface area contributed by atoms with Gasteiger partial charge in [-0.15, -0.1) is 11.3 Å². The third kappa shape index (κ3) is 2.02. The predicted molar refractivity (Wildman–Crippen MR) is 90.5 cm³/mol. The molecular formula is C17H21N3OS. The number of fused-ring (bicyclic) bond motifs is 3. The molecule has 5 heteroatoms. The molecule has 116 valence electrons. The highest BCUT2D eigenvalue weighted by Gasteiger charge is 2.27. The molecule has 0 spiro atoms. The van der Waals surface area contributed by atoms with E-state index in [1.807, 2.05) is 4.90 Å². The van der Waals surface area contributed by atoms with Crippen molar-refractivity contribution in [1.29, 1.82) is 0 Å². The number of thiophene rings is 1. The van der Waals surface area contributed by atoms with Gasteiger partial charge in [-0.1, -0.05) is 0 Å². The summed E-state index contributed by atoms with van der Waals surface area (Å²) in [6, 6.07) is 0. The van der Waals surface area contributed by atoms with Gasteiger partial charge in [0, 0.05) is 24.2 Å². The lowest BCUT2D eigenvalue weighted by Gasteiger charge is -2.18. The molecule has 0 aromatic carbocycles. The van der Waals surface area contributed by atoms with Gasteiger partial charge in [0.25, 0.3) is 5.91 Å². The summed E-state index contributed by atoms with van der Waals surface area (Å²) in [6.07, 6.45) is 6.79. The van der Waals surface area contributed by atoms with E-state index in [4.69, 9.17) is 10.7 Å². The van der Waals surface area contributed by atoms with E-state index in [-0.39, 0.29) is 5.91 Å². The van der Waals surface area contributed by atoms with Crippen molar-refractivity contribution in [2.75, 3.05) is 18.8 Å². The largest absolute Gasteiger partial charge is 0.397 e. The van der Waals surface area contributed by atoms with Crippen molar-refractivity contribution in [3.05, 3.63) is 21.7 Å². The van der Waals surface area contributed by atoms with Crippen LogP contribution in [0, 0.1) is 6.92 Å². The minimum Gasteiger partial charge on any atom is -0.397 e. The fourth-order valence-corrected chi connectivity index (χ4v) is 4.96. The Balaban J connectivity index is 1.88. The second-order valence-electron chi connectivity index (χ2n) is 6.39. The number of nitrogens with zero attached hydrogens (tertiary/aromatic N) is 2. The summed E-state index contributed by atoms with van der Waals surface area (Å²) < 4.78 is 0. The van der Waals surface area contributed by atoms with Crippen molar-refractivity contribution in [3.63, 3.8) is 0 Å². The Morgan fingerprint density at radius 1 is 1.14 bits per heavy atom. The van der Waals surface area contributed by atoms with E-state index < -0.39 is 0 Å². The van der Waals surface area contributed by atoms with Crippen LogP contribution in [-0.2, 0) is 12.8 Å². The standard InChI is InChI=1S/C17H21N3OS/c1-10-11-6-2-3-7-12(11)13-14(18)15(22-16(13)19-10)17(21)20-8-4-5-9-20/h2-9,18H2,1H3. The van der Waals surface area contributed by atoms with E-state index in [0.717, 1.165) is 54.7 Å². The smallest absolute Gasteiger partial charge is 0.266 e. The van der Waals surface area contributed by atoms with Crippen molar-refractivity contribution < 1.29 is 4.79 Å². The zero-order valence-electron chi connectivity index (χ0n) is 12.9. The molecule has 1 saturated heterocycles. The summed E-state index contributed by atoms with van der Waals surface area (Å²) in [7, 11) is 0. The fraction of sp³-hybridized carbons (Fsp3) is 0.529. The van der Waals surface area contributed by atoms with Gasteiger partial charge < -0.3 is 10.6 Å². The second kappa shape index (κ2) is 5.23. The Hall–Kier alpha value is -1.62. The number of pyridine rings is 1. The van der Waals surface area contributed by atoms with Crippen LogP contribution in [0.25, 0.3) is 10.2 Å². The van der Waals surface area contributed by atoms with E-state index in [0.29, 0.717) is 10.6 Å². The van der Waals surface area contributed by atoms with Gasteiger partial charge in [-0.25, -0.2) is 4.98 Å². The van der Waals surface area contributed by atoms with Crippen LogP contribution >= 0.6 is 11.3 Å². The van der Waals surface area contributed by atoms with Crippen LogP contribution in [0.5, 0.6) is 0 Å². The first kappa shape index (κ1) is 14.0. The Morgan fingerprint density at radius 2 is 1.82 bits per heavy atom. The molecule has 2 aromatic heterocycles. The molecule has 0 radical (unpaired) electrons. The number of aryl methyl sites for hydroxylation is 2. The zero-order chi connectivity index (χ0) is 15.3. The number of aromatic nitrogens is 1. The van der Waals surface area contributed by atoms with Gasteiger partial charge in [-0.2, -0.15) is 0 Å². The minimum absolute atomic E-state index is 0.0974. The number of carbonyl (C=O) groups excluding carboxylic acids is 1. The monoisotopic (exact) mass is 315 g/mol. The van der Waals surface area contributed by atoms with Gasteiger partial charge in [0.05, 0.1) is 5.69 Å². The predicted octanol–water partition coefficient (Wildman–Crippen LogP) is 3.30. The van der Waals surface area contributed by atoms with Crippen LogP contribution in [0.4, 0.5) is 5.69 Å². The number of carbonyl (C=O) groups is 1. The molecular weight excluding hydrogens is 294 g/mol. The van der Waals surface area contributed by atoms with Crippen molar-refractivity contribution in [2.45, 2.75) is 45.4 Å². The fourth-order valence-electron chi connectivity index (χ4n) is 3.82. The number of rotatable bonds is 1. The Bertz CT molecular complexity index is 759. The highest BCUT2D eigenvalue weighted by molar-refractivity contribution is 7.21. The highest BCUT2D eigenvalue weighted by atomic mass is 32.1. The minimum atomic E-state index is 0.0974. The average Bonchev–Trinajstić information content (AvgIpc) is 3.15. The van der Waals surface area contributed by atoms with Crippen LogP contribution in [0.2, 0.25) is 0 Å². The maximum atomic E-state index is 12.7. The zero-order valence-corrected chi connectivity index (χ0v) is 13.8. The Morgan fingerprint density at radius 3 is 2.55 bits per heavy atom. The maximum Gasteiger partial charge on any atom is 0.266 e. The van der Waals surface area contributed by atoms with Crippen molar-refractivity contribution in [1.82, 2.24) is 9.88 Å². The second-order valence-corrected chi connectivity index (χ2v) is 7.38. The quantitative estimate of drug-likeness (QED) is 0.878. The number of hydrogen-bond donors (Lipinski definition) is 1. The molecule has 2 aromatic rings. The van der Waals surface area contributed by atoms with Crippen LogP contribution in [0.3, 0.4) is 0 Å². The third-order valence-electron chi connectivity index (χ3n) is 4.99. The SMILES string of the molecule is Cc1nc2sc(C(=O)N3CCCC3)c(N)c2c2c1CCCC2. The third-order valence-corrected chi connectivity index (χ3v) is 6.08. The van der Waals surface area contributed by atoms with Gasteiger partial charge >= 0.3 is 0 Å². The lowest BCUT2D eigenvalue weighted by atomic mass is 9.89. The Kier molecular flexibility index (Phi) is 3.33. The Labute approximate surface area is 134 Å². The van der Waals surface area contributed by atoms with Gasteiger partial charge in [0.1, 0.15) is 9.71 Å². The normalized spacial score (nSPS) is 18.0. The van der Waals surface area contributed by atoms with E-state index in [9.17, 15) is 4.79 Å². The van der Waals surface area contributed by atoms with Gasteiger partial charge in [-0.3, -0.25) is 4.79 Å². The molecule has 1 aliphatic carbocycles. The van der Waals surface area contributed by atoms with E-state index >= 15 is 0 Å². The number of hydrogen-bond acceptors (Lipinski definition) is 4. The first-order chi connectivity index (χ1) is 10.7. The van der Waals surface area contributed by atoms with Crippen LogP contribution in [-0.4, -0.2) is 28.9 Å². The van der Waals surface area contributed by atoms with E-state index in [2.05, 4.69) is 6.92 Å². The van der Waals surface area contributed by atoms with Gasteiger partial charge in [-0.05, 0) is 56.6 Å². The molecule has 3 heterocycles. The van der Waals surface area contributed by atoms with Crippen LogP contribution in [0.1, 0.15) is 52.2 Å². The molecule has 4 rings (SSSR count). The van der Waals surface area contributed by atoms with Crippen LogP contribution in [0.15, 0.2) is 0 Å². The first-order valence-corrected chi connectivity index (χ1v) is 8.98. The molecule has 4 nitrogen and oxygen atoms in total. The molecule has 1 aliphatic heterocycles. The summed E-state index contributed by atoms with van der Waals surface area (Å²) in [4.78, 5) is 21.0. The summed E-state index contributed by atoms with van der Waals surface area (Å²) in [5.41, 5.74) is 10.9. The van der Waals surface area contributed by atoms with E-state index in [1.165, 1.54) is 35.3 Å². The summed E-state index contributed by atoms with van der Waals surface area (Å²) in [5, 5.41) is 1.06. The number of amides is 1. The molecule has 1 amide bonds. The molecule has 1 fully saturated rings. The number of anilines is 1. The summed E-state index contributed by atoms with van der Waals surface area (Å²) in [5.74, 6) is 0.0974. The summed E-state index contributed by atoms with van der Waals surface area (Å²) in [6.45, 7) is 3.80. The molecule has 22 heavy (non-hydrogen) atoms. The average molecular weight is 315 g/mol. The number of nitrogens with two attached hydrogens (primary N) is 1. The molecule has 0 saturated carbocycles. The highest BCUT2D eigenvalue weighted by Crippen LogP contribution is 2.40. The topological polar surface area (TPSA) is 59.2 Å². The molecule has 2 N–H and O–H groups in total. The molecule has 0 unspecified atom stereocenters. The first-order valence-electron chi connectivity index (χ1n) is 8.16. The molecule has 0 atom stereocenters. The van der Waals surface area contributed by atoms with Crippen molar-refractivity contribution in [3.8, 4) is 0 Å². The van der Waals surface area contributed by atoms with Crippen molar-refractivity contribution in [2.24, 2.45) is 0 Å². The number of nitrogen functional groups attached to an aromatic ring is 1. The van der Waals surface area contributed by atoms with Crippen molar-refractivity contribution >= 4 is 33.1 Å². The lowest BCUT2D eigenvalue weighted by Crippen LogP contribution is -2.27. The summed E-state index contributed by atoms with van der Waals surface area (Å²) >= 11 is 1.48. The van der Waals surface area contributed by atoms with Gasteiger partial charge in [0.2, 0.25) is 0 Å². The number of likely N-dealkylation sites (tertiary alicyclic amines) is 1. The molecule has 2 aliphatic rings. The maximum absolute atomic E-state index is 12.7. The van der Waals surface area contributed by atoms with Crippen LogP contribution < -0.4 is 5.73 Å². The lowest BCUT2D eigenvalue weighted by molar-refractivity contribution is 0.0798. The van der Waals surface area contributed by atoms with Gasteiger partial charge in [0.15, 0.2) is 0 Å². The van der Waals surface area contributed by atoms with E-state index in [1.54, 1.807) is 0 Å².